The molecule has 1 amide bonds. The van der Waals surface area contributed by atoms with E-state index in [4.69, 9.17) is 4.74 Å². The third-order valence-electron chi connectivity index (χ3n) is 5.67. The van der Waals surface area contributed by atoms with E-state index in [2.05, 4.69) is 15.5 Å². The molecule has 1 aromatic heterocycles. The Morgan fingerprint density at radius 2 is 2.18 bits per heavy atom. The molecule has 7 heteroatoms. The molecule has 2 heterocycles. The number of hydrogen-bond acceptors (Lipinski definition) is 4. The van der Waals surface area contributed by atoms with Crippen molar-refractivity contribution in [2.24, 2.45) is 5.92 Å². The van der Waals surface area contributed by atoms with E-state index in [1.54, 1.807) is 13.3 Å². The fraction of sp³-hybridized carbons (Fsp3) is 0.524. The van der Waals surface area contributed by atoms with Crippen molar-refractivity contribution in [1.29, 1.82) is 0 Å². The third kappa shape index (κ3) is 4.19. The summed E-state index contributed by atoms with van der Waals surface area (Å²) in [5.74, 6) is 0.886. The molecule has 2 N–H and O–H groups in total. The number of H-pyrrole nitrogens is 1. The smallest absolute Gasteiger partial charge is 0.259 e. The van der Waals surface area contributed by atoms with Gasteiger partial charge in [0.25, 0.3) is 5.91 Å². The summed E-state index contributed by atoms with van der Waals surface area (Å²) in [4.78, 5) is 14.4. The third-order valence-corrected chi connectivity index (χ3v) is 5.67. The van der Waals surface area contributed by atoms with Gasteiger partial charge in [-0.1, -0.05) is 0 Å². The Kier molecular flexibility index (Phi) is 5.35. The molecule has 1 saturated carbocycles. The molecule has 1 aliphatic heterocycles. The maximum absolute atomic E-state index is 15.3. The maximum Gasteiger partial charge on any atom is 0.259 e. The van der Waals surface area contributed by atoms with Crippen LogP contribution in [-0.2, 0) is 11.3 Å². The number of carbonyl (C=O) groups excluding carboxylic acids is 1. The minimum absolute atomic E-state index is 0.122. The second-order valence-electron chi connectivity index (χ2n) is 7.93. The van der Waals surface area contributed by atoms with Crippen LogP contribution in [0.25, 0.3) is 11.3 Å². The summed E-state index contributed by atoms with van der Waals surface area (Å²) >= 11 is 0. The summed E-state index contributed by atoms with van der Waals surface area (Å²) in [5.41, 5.74) is 1.10. The van der Waals surface area contributed by atoms with Crippen LogP contribution in [0.3, 0.4) is 0 Å². The van der Waals surface area contributed by atoms with Crippen molar-refractivity contribution in [3.63, 3.8) is 0 Å². The van der Waals surface area contributed by atoms with Gasteiger partial charge in [0.05, 0.1) is 19.0 Å². The van der Waals surface area contributed by atoms with Gasteiger partial charge in [-0.2, -0.15) is 5.10 Å². The fourth-order valence-electron chi connectivity index (χ4n) is 3.81. The molecular formula is C21H27FN4O2. The second-order valence-corrected chi connectivity index (χ2v) is 7.93. The molecule has 2 aromatic rings. The summed E-state index contributed by atoms with van der Waals surface area (Å²) < 4.78 is 20.5. The zero-order valence-electron chi connectivity index (χ0n) is 16.2. The van der Waals surface area contributed by atoms with E-state index in [0.717, 1.165) is 42.0 Å². The molecule has 6 nitrogen and oxygen atoms in total. The first-order valence-electron chi connectivity index (χ1n) is 9.93. The highest BCUT2D eigenvalue weighted by Gasteiger charge is 2.43. The molecule has 0 bridgehead atoms. The lowest BCUT2D eigenvalue weighted by Crippen LogP contribution is -2.54. The molecule has 28 heavy (non-hydrogen) atoms. The molecule has 1 atom stereocenters. The van der Waals surface area contributed by atoms with Crippen LogP contribution in [0.2, 0.25) is 0 Å². The van der Waals surface area contributed by atoms with Crippen molar-refractivity contribution >= 4 is 5.91 Å². The first-order chi connectivity index (χ1) is 13.6. The van der Waals surface area contributed by atoms with Gasteiger partial charge in [0, 0.05) is 30.8 Å². The molecule has 2 aliphatic rings. The van der Waals surface area contributed by atoms with E-state index in [9.17, 15) is 4.79 Å². The van der Waals surface area contributed by atoms with Gasteiger partial charge in [-0.25, -0.2) is 4.39 Å². The molecule has 1 aromatic carbocycles. The number of benzene rings is 1. The number of halogens is 1. The molecule has 2 fully saturated rings. The van der Waals surface area contributed by atoms with Gasteiger partial charge in [-0.15, -0.1) is 0 Å². The topological polar surface area (TPSA) is 70.2 Å². The first kappa shape index (κ1) is 18.9. The van der Waals surface area contributed by atoms with Crippen LogP contribution in [0.1, 0.15) is 31.2 Å². The van der Waals surface area contributed by atoms with Crippen molar-refractivity contribution in [2.45, 2.75) is 37.9 Å². The van der Waals surface area contributed by atoms with E-state index in [1.165, 1.54) is 0 Å². The number of nitrogens with one attached hydrogen (secondary N) is 2. The average Bonchev–Trinajstić information content (AvgIpc) is 3.43. The zero-order valence-corrected chi connectivity index (χ0v) is 16.2. The van der Waals surface area contributed by atoms with Crippen molar-refractivity contribution < 1.29 is 13.9 Å². The van der Waals surface area contributed by atoms with Crippen molar-refractivity contribution in [2.75, 3.05) is 26.7 Å². The van der Waals surface area contributed by atoms with Gasteiger partial charge in [0.1, 0.15) is 5.75 Å². The van der Waals surface area contributed by atoms with Crippen molar-refractivity contribution in [3.05, 3.63) is 36.0 Å². The highest BCUT2D eigenvalue weighted by atomic mass is 19.1. The Labute approximate surface area is 164 Å². The molecule has 1 aliphatic carbocycles. The van der Waals surface area contributed by atoms with Crippen LogP contribution in [0.5, 0.6) is 5.75 Å². The van der Waals surface area contributed by atoms with Gasteiger partial charge in [0.15, 0.2) is 0 Å². The Bertz CT molecular complexity index is 818. The monoisotopic (exact) mass is 386 g/mol. The van der Waals surface area contributed by atoms with Crippen LogP contribution in [0.4, 0.5) is 4.39 Å². The van der Waals surface area contributed by atoms with E-state index >= 15 is 4.39 Å². The van der Waals surface area contributed by atoms with Crippen LogP contribution in [0, 0.1) is 5.92 Å². The van der Waals surface area contributed by atoms with Crippen LogP contribution in [0.15, 0.2) is 30.5 Å². The number of ether oxygens (including phenoxy) is 1. The number of methoxy groups -OCH3 is 1. The highest BCUT2D eigenvalue weighted by Crippen LogP contribution is 2.31. The van der Waals surface area contributed by atoms with Crippen LogP contribution in [-0.4, -0.2) is 53.4 Å². The number of rotatable bonds is 7. The average molecular weight is 386 g/mol. The minimum Gasteiger partial charge on any atom is -0.497 e. The number of alkyl halides is 1. The number of aromatic nitrogens is 2. The standard InChI is InChI=1S/C21H27FN4O2/c1-28-18-7-5-16(6-8-18)19-17(12-24-25-19)13-26-10-2-9-21(22,14-26)20(27)23-11-15-3-4-15/h5-8,12,15H,2-4,9-11,13-14H2,1H3,(H,23,27)(H,24,25). The normalized spacial score (nSPS) is 22.8. The predicted octanol–water partition coefficient (Wildman–Crippen LogP) is 2.92. The Morgan fingerprint density at radius 3 is 2.89 bits per heavy atom. The number of hydrogen-bond donors (Lipinski definition) is 2. The molecule has 150 valence electrons. The molecule has 0 radical (unpaired) electrons. The highest BCUT2D eigenvalue weighted by molar-refractivity contribution is 5.85. The quantitative estimate of drug-likeness (QED) is 0.768. The Balaban J connectivity index is 1.42. The number of piperidine rings is 1. The molecular weight excluding hydrogens is 359 g/mol. The number of carbonyl (C=O) groups is 1. The zero-order chi connectivity index (χ0) is 19.6. The number of amides is 1. The summed E-state index contributed by atoms with van der Waals surface area (Å²) in [7, 11) is 1.64. The predicted molar refractivity (Wildman–Crippen MR) is 105 cm³/mol. The lowest BCUT2D eigenvalue weighted by atomic mass is 9.93. The van der Waals surface area contributed by atoms with Crippen LogP contribution < -0.4 is 10.1 Å². The van der Waals surface area contributed by atoms with E-state index in [0.29, 0.717) is 25.4 Å². The van der Waals surface area contributed by atoms with Gasteiger partial charge in [0.2, 0.25) is 5.67 Å². The lowest BCUT2D eigenvalue weighted by Gasteiger charge is -2.36. The molecule has 0 spiro atoms. The summed E-state index contributed by atoms with van der Waals surface area (Å²) in [6.45, 7) is 2.05. The fourth-order valence-corrected chi connectivity index (χ4v) is 3.81. The summed E-state index contributed by atoms with van der Waals surface area (Å²) in [5, 5.41) is 10.0. The molecule has 1 saturated heterocycles. The number of likely N-dealkylation sites (tertiary alicyclic amines) is 1. The van der Waals surface area contributed by atoms with E-state index < -0.39 is 11.6 Å². The summed E-state index contributed by atoms with van der Waals surface area (Å²) in [6.07, 6.45) is 5.02. The first-order valence-corrected chi connectivity index (χ1v) is 9.93. The van der Waals surface area contributed by atoms with Crippen LogP contribution >= 0.6 is 0 Å². The summed E-state index contributed by atoms with van der Waals surface area (Å²) in [6, 6.07) is 7.74. The van der Waals surface area contributed by atoms with Crippen molar-refractivity contribution in [1.82, 2.24) is 20.4 Å². The van der Waals surface area contributed by atoms with Gasteiger partial charge < -0.3 is 10.1 Å². The van der Waals surface area contributed by atoms with Gasteiger partial charge in [-0.05, 0) is 62.4 Å². The second kappa shape index (κ2) is 7.91. The van der Waals surface area contributed by atoms with Gasteiger partial charge >= 0.3 is 0 Å². The van der Waals surface area contributed by atoms with Gasteiger partial charge in [-0.3, -0.25) is 14.8 Å². The van der Waals surface area contributed by atoms with Crippen molar-refractivity contribution in [3.8, 4) is 17.0 Å². The Morgan fingerprint density at radius 1 is 1.39 bits per heavy atom. The molecule has 4 rings (SSSR count). The van der Waals surface area contributed by atoms with E-state index in [1.807, 2.05) is 29.2 Å². The minimum atomic E-state index is -1.81. The Hall–Kier alpha value is -2.41. The van der Waals surface area contributed by atoms with E-state index in [-0.39, 0.29) is 13.0 Å². The maximum atomic E-state index is 15.3. The largest absolute Gasteiger partial charge is 0.497 e. The number of nitrogens with zero attached hydrogens (tertiary/aromatic N) is 2. The molecule has 1 unspecified atom stereocenters. The SMILES string of the molecule is COc1ccc(-c2[nH]ncc2CN2CCCC(F)(C(=O)NCC3CC3)C2)cc1. The lowest BCUT2D eigenvalue weighted by molar-refractivity contribution is -0.136. The number of aromatic amines is 1.